The molecule has 1 aromatic heterocycles. The van der Waals surface area contributed by atoms with Crippen molar-refractivity contribution in [1.82, 2.24) is 5.48 Å². The molecular weight excluding hydrogens is 338 g/mol. The molecule has 1 heterocycles. The van der Waals surface area contributed by atoms with E-state index in [1.165, 1.54) is 18.3 Å². The molecule has 0 aliphatic rings. The lowest BCUT2D eigenvalue weighted by atomic mass is 10.3. The second-order valence-corrected chi connectivity index (χ2v) is 4.85. The first-order valence-corrected chi connectivity index (χ1v) is 6.94. The number of nitro groups is 1. The summed E-state index contributed by atoms with van der Waals surface area (Å²) in [6.45, 7) is 1.56. The molecule has 0 aliphatic carbocycles. The molecule has 2 N–H and O–H groups in total. The zero-order valence-electron chi connectivity index (χ0n) is 12.4. The molecule has 0 aliphatic heterocycles. The molecule has 0 atom stereocenters. The van der Waals surface area contributed by atoms with Crippen molar-refractivity contribution in [1.29, 1.82) is 0 Å². The van der Waals surface area contributed by atoms with Crippen molar-refractivity contribution in [3.8, 4) is 0 Å². The van der Waals surface area contributed by atoms with Gasteiger partial charge in [-0.3, -0.25) is 20.8 Å². The third-order valence-corrected chi connectivity index (χ3v) is 2.92. The number of nitrogens with one attached hydrogen (secondary N) is 1. The highest BCUT2D eigenvalue weighted by Crippen LogP contribution is 2.18. The average Bonchev–Trinajstić information content (AvgIpc) is 3.01. The third-order valence-electron chi connectivity index (χ3n) is 2.68. The topological polar surface area (TPSA) is 126 Å². The van der Waals surface area contributed by atoms with Gasteiger partial charge >= 0.3 is 5.88 Å². The summed E-state index contributed by atoms with van der Waals surface area (Å²) in [4.78, 5) is 14.0. The summed E-state index contributed by atoms with van der Waals surface area (Å²) < 4.78 is 4.89. The van der Waals surface area contributed by atoms with Gasteiger partial charge in [-0.2, -0.15) is 10.2 Å². The van der Waals surface area contributed by atoms with Gasteiger partial charge in [0.05, 0.1) is 18.0 Å². The average molecular weight is 350 g/mol. The molecule has 0 fully saturated rings. The van der Waals surface area contributed by atoms with Gasteiger partial charge in [-0.1, -0.05) is 17.7 Å². The number of amidine groups is 1. The summed E-state index contributed by atoms with van der Waals surface area (Å²) in [5.41, 5.74) is 2.71. The summed E-state index contributed by atoms with van der Waals surface area (Å²) >= 11 is 5.86. The number of halogens is 1. The van der Waals surface area contributed by atoms with Gasteiger partial charge in [0.1, 0.15) is 10.6 Å². The lowest BCUT2D eigenvalue weighted by Gasteiger charge is -2.03. The van der Waals surface area contributed by atoms with E-state index >= 15 is 0 Å². The lowest BCUT2D eigenvalue weighted by Crippen LogP contribution is -2.26. The summed E-state index contributed by atoms with van der Waals surface area (Å²) in [5, 5.41) is 27.7. The van der Waals surface area contributed by atoms with E-state index in [4.69, 9.17) is 21.2 Å². The molecule has 0 spiro atoms. The van der Waals surface area contributed by atoms with Crippen molar-refractivity contribution < 1.29 is 14.5 Å². The molecule has 24 heavy (non-hydrogen) atoms. The van der Waals surface area contributed by atoms with E-state index in [-0.39, 0.29) is 17.3 Å². The first-order valence-electron chi connectivity index (χ1n) is 6.56. The number of hydrogen-bond donors (Lipinski definition) is 2. The molecule has 9 nitrogen and oxygen atoms in total. The van der Waals surface area contributed by atoms with Crippen LogP contribution in [0.1, 0.15) is 12.7 Å². The van der Waals surface area contributed by atoms with E-state index in [1.54, 1.807) is 31.2 Å². The van der Waals surface area contributed by atoms with Gasteiger partial charge in [-0.25, -0.2) is 4.99 Å². The molecule has 10 heteroatoms. The number of rotatable bonds is 5. The molecule has 2 rings (SSSR count). The van der Waals surface area contributed by atoms with Crippen LogP contribution in [0.5, 0.6) is 0 Å². The molecule has 2 aromatic rings. The van der Waals surface area contributed by atoms with Crippen molar-refractivity contribution in [3.63, 3.8) is 0 Å². The molecule has 0 saturated carbocycles. The van der Waals surface area contributed by atoms with Crippen molar-refractivity contribution in [2.24, 2.45) is 15.2 Å². The Morgan fingerprint density at radius 3 is 2.83 bits per heavy atom. The molecule has 124 valence electrons. The summed E-state index contributed by atoms with van der Waals surface area (Å²) in [5.74, 6) is -0.152. The Balaban J connectivity index is 2.14. The zero-order valence-corrected chi connectivity index (χ0v) is 13.1. The van der Waals surface area contributed by atoms with E-state index in [0.29, 0.717) is 10.7 Å². The van der Waals surface area contributed by atoms with Crippen LogP contribution >= 0.6 is 11.6 Å². The molecule has 0 saturated heterocycles. The summed E-state index contributed by atoms with van der Waals surface area (Å²) in [6, 6.07) is 9.31. The monoisotopic (exact) mass is 349 g/mol. The number of benzene rings is 1. The minimum Gasteiger partial charge on any atom is -0.400 e. The second kappa shape index (κ2) is 7.99. The Morgan fingerprint density at radius 1 is 1.42 bits per heavy atom. The number of furan rings is 1. The van der Waals surface area contributed by atoms with Crippen LogP contribution in [0.3, 0.4) is 0 Å². The Hall–Kier alpha value is -3.04. The fourth-order valence-corrected chi connectivity index (χ4v) is 1.78. The second-order valence-electron chi connectivity index (χ2n) is 4.42. The van der Waals surface area contributed by atoms with Crippen molar-refractivity contribution >= 4 is 40.9 Å². The van der Waals surface area contributed by atoms with Gasteiger partial charge in [0, 0.05) is 5.02 Å². The minimum absolute atomic E-state index is 0.0693. The zero-order chi connectivity index (χ0) is 17.5. The van der Waals surface area contributed by atoms with Gasteiger partial charge in [0.25, 0.3) is 0 Å². The number of aliphatic imine (C=N–C) groups is 1. The Morgan fingerprint density at radius 2 is 2.21 bits per heavy atom. The van der Waals surface area contributed by atoms with Gasteiger partial charge in [0.2, 0.25) is 0 Å². The van der Waals surface area contributed by atoms with Crippen molar-refractivity contribution in [2.45, 2.75) is 6.92 Å². The quantitative estimate of drug-likeness (QED) is 0.370. The number of nitrogens with zero attached hydrogens (tertiary/aromatic N) is 4. The number of hydroxylamine groups is 1. The van der Waals surface area contributed by atoms with Gasteiger partial charge in [0.15, 0.2) is 11.6 Å². The Labute approximate surface area is 141 Å². The smallest absolute Gasteiger partial charge is 0.400 e. The lowest BCUT2D eigenvalue weighted by molar-refractivity contribution is -0.402. The fraction of sp³-hybridized carbons (Fsp3) is 0.0714. The SMILES string of the molecule is C/C(=N\N=C/c1ccc([N+](=O)[O-])o1)C(=Nc1cccc(Cl)c1)NO. The molecule has 0 amide bonds. The van der Waals surface area contributed by atoms with E-state index in [0.717, 1.165) is 0 Å². The predicted molar refractivity (Wildman–Crippen MR) is 89.5 cm³/mol. The summed E-state index contributed by atoms with van der Waals surface area (Å²) in [7, 11) is 0. The Kier molecular flexibility index (Phi) is 5.77. The van der Waals surface area contributed by atoms with Crippen molar-refractivity contribution in [3.05, 3.63) is 57.3 Å². The van der Waals surface area contributed by atoms with Crippen LogP contribution in [0, 0.1) is 10.1 Å². The molecule has 0 radical (unpaired) electrons. The largest absolute Gasteiger partial charge is 0.433 e. The van der Waals surface area contributed by atoms with Crippen molar-refractivity contribution in [2.75, 3.05) is 0 Å². The van der Waals surface area contributed by atoms with E-state index in [9.17, 15) is 10.1 Å². The van der Waals surface area contributed by atoms with Crippen LogP contribution in [0.25, 0.3) is 0 Å². The van der Waals surface area contributed by atoms with E-state index in [1.807, 2.05) is 5.48 Å². The number of hydrogen-bond acceptors (Lipinski definition) is 7. The van der Waals surface area contributed by atoms with Gasteiger partial charge in [-0.05, 0) is 31.2 Å². The van der Waals surface area contributed by atoms with Crippen LogP contribution in [0.2, 0.25) is 5.02 Å². The highest BCUT2D eigenvalue weighted by Gasteiger charge is 2.10. The first kappa shape index (κ1) is 17.3. The third kappa shape index (κ3) is 4.73. The first-order chi connectivity index (χ1) is 11.5. The minimum atomic E-state index is -0.655. The molecular formula is C14H12ClN5O4. The van der Waals surface area contributed by atoms with Crippen LogP contribution in [0.15, 0.2) is 56.0 Å². The van der Waals surface area contributed by atoms with Crippen LogP contribution in [0.4, 0.5) is 11.6 Å². The molecule has 1 aromatic carbocycles. The van der Waals surface area contributed by atoms with Crippen LogP contribution < -0.4 is 5.48 Å². The maximum atomic E-state index is 10.5. The van der Waals surface area contributed by atoms with Crippen LogP contribution in [-0.2, 0) is 0 Å². The standard InChI is InChI=1S/C14H12ClN5O4/c1-9(14(19-21)17-11-4-2-3-10(15)7-11)18-16-8-12-5-6-13(24-12)20(22)23/h2-8,21H,1H3,(H,17,19)/b16-8-,18-9+. The highest BCUT2D eigenvalue weighted by atomic mass is 35.5. The molecule has 0 bridgehead atoms. The maximum absolute atomic E-state index is 10.5. The van der Waals surface area contributed by atoms with Gasteiger partial charge in [-0.15, -0.1) is 0 Å². The fourth-order valence-electron chi connectivity index (χ4n) is 1.59. The highest BCUT2D eigenvalue weighted by molar-refractivity contribution is 6.40. The van der Waals surface area contributed by atoms with Crippen LogP contribution in [-0.4, -0.2) is 27.9 Å². The molecule has 0 unspecified atom stereocenters. The normalized spacial score (nSPS) is 12.6. The van der Waals surface area contributed by atoms with Gasteiger partial charge < -0.3 is 4.42 Å². The van der Waals surface area contributed by atoms with E-state index < -0.39 is 10.8 Å². The summed E-state index contributed by atoms with van der Waals surface area (Å²) in [6.07, 6.45) is 1.20. The van der Waals surface area contributed by atoms with E-state index in [2.05, 4.69) is 15.2 Å². The Bertz CT molecular complexity index is 828. The maximum Gasteiger partial charge on any atom is 0.433 e. The predicted octanol–water partition coefficient (Wildman–Crippen LogP) is 3.35.